The molecule has 3 aromatic carbocycles. The van der Waals surface area contributed by atoms with Crippen molar-refractivity contribution in [2.45, 2.75) is 12.8 Å². The van der Waals surface area contributed by atoms with Crippen LogP contribution in [-0.4, -0.2) is 0 Å². The van der Waals surface area contributed by atoms with Crippen LogP contribution in [0.1, 0.15) is 11.3 Å². The van der Waals surface area contributed by atoms with Gasteiger partial charge in [-0.2, -0.15) is 13.2 Å². The Hall–Kier alpha value is -3.61. The summed E-state index contributed by atoms with van der Waals surface area (Å²) in [6.45, 7) is 0.00171. The Balaban J connectivity index is 1.78. The summed E-state index contributed by atoms with van der Waals surface area (Å²) in [6.07, 6.45) is -4.86. The van der Waals surface area contributed by atoms with Gasteiger partial charge < -0.3 is 9.15 Å². The number of halogens is 4. The van der Waals surface area contributed by atoms with E-state index in [9.17, 15) is 22.4 Å². The third kappa shape index (κ3) is 3.91. The van der Waals surface area contributed by atoms with Crippen molar-refractivity contribution in [2.24, 2.45) is 0 Å². The fourth-order valence-electron chi connectivity index (χ4n) is 3.12. The molecule has 0 spiro atoms. The quantitative estimate of drug-likeness (QED) is 0.374. The molecular formula is C23H14F4O3. The zero-order chi connectivity index (χ0) is 21.3. The van der Waals surface area contributed by atoms with Gasteiger partial charge in [-0.3, -0.25) is 4.79 Å². The first-order chi connectivity index (χ1) is 14.3. The minimum atomic E-state index is -4.86. The average Bonchev–Trinajstić information content (AvgIpc) is 2.72. The normalized spacial score (nSPS) is 11.6. The molecule has 1 heterocycles. The highest BCUT2D eigenvalue weighted by molar-refractivity contribution is 5.84. The highest BCUT2D eigenvalue weighted by Gasteiger charge is 2.39. The minimum Gasteiger partial charge on any atom is -0.489 e. The van der Waals surface area contributed by atoms with Crippen LogP contribution in [0.5, 0.6) is 5.75 Å². The van der Waals surface area contributed by atoms with E-state index in [0.717, 1.165) is 0 Å². The molecule has 0 radical (unpaired) electrons. The molecule has 0 aliphatic heterocycles. The smallest absolute Gasteiger partial charge is 0.450 e. The summed E-state index contributed by atoms with van der Waals surface area (Å²) in [7, 11) is 0. The number of rotatable bonds is 4. The van der Waals surface area contributed by atoms with Gasteiger partial charge in [-0.1, -0.05) is 42.5 Å². The second-order valence-corrected chi connectivity index (χ2v) is 6.58. The molecule has 4 rings (SSSR count). The summed E-state index contributed by atoms with van der Waals surface area (Å²) in [4.78, 5) is 12.9. The van der Waals surface area contributed by atoms with Crippen molar-refractivity contribution in [3.8, 4) is 16.9 Å². The molecule has 0 saturated heterocycles. The summed E-state index contributed by atoms with van der Waals surface area (Å²) in [5.74, 6) is -1.60. The molecule has 152 valence electrons. The van der Waals surface area contributed by atoms with Gasteiger partial charge in [0, 0.05) is 6.07 Å². The van der Waals surface area contributed by atoms with Gasteiger partial charge in [-0.15, -0.1) is 0 Å². The molecule has 0 bridgehead atoms. The second-order valence-electron chi connectivity index (χ2n) is 6.58. The maximum atomic E-state index is 13.7. The monoisotopic (exact) mass is 414 g/mol. The standard InChI is InChI=1S/C23H14F4O3/c24-16-8-4-5-14(11-16)13-29-17-9-10-18-19(12-17)30-22(23(25,26)27)20(21(18)28)15-6-2-1-3-7-15/h1-12H,13H2. The predicted molar refractivity (Wildman–Crippen MR) is 104 cm³/mol. The van der Waals surface area contributed by atoms with Crippen LogP contribution in [0.2, 0.25) is 0 Å². The molecule has 0 fully saturated rings. The van der Waals surface area contributed by atoms with E-state index in [1.807, 2.05) is 0 Å². The Kier molecular flexibility index (Phi) is 5.03. The number of fused-ring (bicyclic) bond motifs is 1. The molecule has 7 heteroatoms. The van der Waals surface area contributed by atoms with Gasteiger partial charge >= 0.3 is 6.18 Å². The number of alkyl halides is 3. The van der Waals surface area contributed by atoms with Crippen LogP contribution in [0.4, 0.5) is 17.6 Å². The van der Waals surface area contributed by atoms with Crippen LogP contribution in [0.25, 0.3) is 22.1 Å². The number of benzene rings is 3. The van der Waals surface area contributed by atoms with Crippen LogP contribution >= 0.6 is 0 Å². The van der Waals surface area contributed by atoms with E-state index in [1.54, 1.807) is 24.3 Å². The van der Waals surface area contributed by atoms with Crippen molar-refractivity contribution in [3.05, 3.63) is 100 Å². The van der Waals surface area contributed by atoms with Gasteiger partial charge in [0.2, 0.25) is 11.2 Å². The van der Waals surface area contributed by atoms with Crippen LogP contribution in [-0.2, 0) is 12.8 Å². The number of ether oxygens (including phenoxy) is 1. The van der Waals surface area contributed by atoms with Crippen molar-refractivity contribution in [1.29, 1.82) is 0 Å². The third-order valence-corrected chi connectivity index (χ3v) is 4.48. The zero-order valence-electron chi connectivity index (χ0n) is 15.4. The Labute approximate surface area is 168 Å². The van der Waals surface area contributed by atoms with Crippen molar-refractivity contribution in [2.75, 3.05) is 0 Å². The molecule has 0 atom stereocenters. The summed E-state index contributed by atoms with van der Waals surface area (Å²) in [6, 6.07) is 17.4. The molecule has 0 saturated carbocycles. The topological polar surface area (TPSA) is 39.4 Å². The molecule has 3 nitrogen and oxygen atoms in total. The van der Waals surface area contributed by atoms with Crippen LogP contribution in [0, 0.1) is 5.82 Å². The Morgan fingerprint density at radius 1 is 0.900 bits per heavy atom. The third-order valence-electron chi connectivity index (χ3n) is 4.48. The van der Waals surface area contributed by atoms with E-state index < -0.39 is 28.7 Å². The molecule has 0 N–H and O–H groups in total. The SMILES string of the molecule is O=c1c(-c2ccccc2)c(C(F)(F)F)oc2cc(OCc3cccc(F)c3)ccc12. The molecule has 1 aromatic heterocycles. The first-order valence-corrected chi connectivity index (χ1v) is 8.93. The second kappa shape index (κ2) is 7.67. The van der Waals surface area contributed by atoms with E-state index in [4.69, 9.17) is 9.15 Å². The zero-order valence-corrected chi connectivity index (χ0v) is 15.4. The summed E-state index contributed by atoms with van der Waals surface area (Å²) >= 11 is 0. The Morgan fingerprint density at radius 2 is 1.67 bits per heavy atom. The van der Waals surface area contributed by atoms with E-state index in [-0.39, 0.29) is 28.9 Å². The summed E-state index contributed by atoms with van der Waals surface area (Å²) in [5.41, 5.74) is -0.905. The van der Waals surface area contributed by atoms with Gasteiger partial charge in [-0.05, 0) is 35.4 Å². The highest BCUT2D eigenvalue weighted by atomic mass is 19.4. The van der Waals surface area contributed by atoms with Gasteiger partial charge in [0.15, 0.2) is 0 Å². The fraction of sp³-hybridized carbons (Fsp3) is 0.0870. The highest BCUT2D eigenvalue weighted by Crippen LogP contribution is 2.37. The molecule has 0 aliphatic rings. The van der Waals surface area contributed by atoms with Gasteiger partial charge in [0.05, 0.1) is 10.9 Å². The van der Waals surface area contributed by atoms with E-state index >= 15 is 0 Å². The van der Waals surface area contributed by atoms with Crippen LogP contribution < -0.4 is 10.2 Å². The molecule has 0 amide bonds. The molecule has 30 heavy (non-hydrogen) atoms. The number of hydrogen-bond donors (Lipinski definition) is 0. The average molecular weight is 414 g/mol. The largest absolute Gasteiger partial charge is 0.489 e. The maximum Gasteiger partial charge on any atom is 0.450 e. The summed E-state index contributed by atoms with van der Waals surface area (Å²) < 4.78 is 64.9. The maximum absolute atomic E-state index is 13.7. The van der Waals surface area contributed by atoms with Crippen molar-refractivity contribution >= 4 is 11.0 Å². The van der Waals surface area contributed by atoms with Gasteiger partial charge in [0.25, 0.3) is 0 Å². The number of hydrogen-bond acceptors (Lipinski definition) is 3. The molecule has 0 aliphatic carbocycles. The lowest BCUT2D eigenvalue weighted by atomic mass is 10.0. The lowest BCUT2D eigenvalue weighted by Crippen LogP contribution is -2.16. The van der Waals surface area contributed by atoms with Gasteiger partial charge in [-0.25, -0.2) is 4.39 Å². The Bertz CT molecular complexity index is 1260. The van der Waals surface area contributed by atoms with Crippen LogP contribution in [0.3, 0.4) is 0 Å². The van der Waals surface area contributed by atoms with E-state index in [2.05, 4.69) is 0 Å². The van der Waals surface area contributed by atoms with Gasteiger partial charge in [0.1, 0.15) is 23.8 Å². The summed E-state index contributed by atoms with van der Waals surface area (Å²) in [5, 5.41) is -0.0000383. The molecular weight excluding hydrogens is 400 g/mol. The minimum absolute atomic E-state index is 0.0000383. The fourth-order valence-corrected chi connectivity index (χ4v) is 3.12. The lowest BCUT2D eigenvalue weighted by molar-refractivity contribution is -0.152. The predicted octanol–water partition coefficient (Wildman–Crippen LogP) is 6.20. The Morgan fingerprint density at radius 3 is 2.37 bits per heavy atom. The van der Waals surface area contributed by atoms with E-state index in [0.29, 0.717) is 5.56 Å². The first kappa shape index (κ1) is 19.7. The van der Waals surface area contributed by atoms with Crippen molar-refractivity contribution < 1.29 is 26.7 Å². The lowest BCUT2D eigenvalue weighted by Gasteiger charge is -2.13. The van der Waals surface area contributed by atoms with Crippen molar-refractivity contribution in [3.63, 3.8) is 0 Å². The molecule has 0 unspecified atom stereocenters. The van der Waals surface area contributed by atoms with E-state index in [1.165, 1.54) is 48.5 Å². The van der Waals surface area contributed by atoms with Crippen molar-refractivity contribution in [1.82, 2.24) is 0 Å². The van der Waals surface area contributed by atoms with Crippen LogP contribution in [0.15, 0.2) is 82.0 Å². The molecule has 4 aromatic rings. The first-order valence-electron chi connectivity index (χ1n) is 8.93.